The van der Waals surface area contributed by atoms with E-state index >= 15 is 0 Å². The lowest BCUT2D eigenvalue weighted by Gasteiger charge is -2.27. The summed E-state index contributed by atoms with van der Waals surface area (Å²) in [4.78, 5) is 14.5. The summed E-state index contributed by atoms with van der Waals surface area (Å²) in [5.74, 6) is 0.144. The molecule has 0 N–H and O–H groups in total. The Bertz CT molecular complexity index is 422. The lowest BCUT2D eigenvalue weighted by atomic mass is 10.1. The molecule has 1 amide bonds. The minimum absolute atomic E-state index is 0.144. The molecule has 1 fully saturated rings. The molecule has 3 nitrogen and oxygen atoms in total. The monoisotopic (exact) mass is 247 g/mol. The second kappa shape index (κ2) is 5.53. The maximum absolute atomic E-state index is 12.5. The van der Waals surface area contributed by atoms with Crippen LogP contribution in [0.1, 0.15) is 42.6 Å². The van der Waals surface area contributed by atoms with Crippen molar-refractivity contribution in [2.24, 2.45) is 0 Å². The first-order valence-electron chi connectivity index (χ1n) is 6.54. The molecule has 98 valence electrons. The third-order valence-corrected chi connectivity index (χ3v) is 3.22. The first-order valence-corrected chi connectivity index (χ1v) is 6.54. The Hall–Kier alpha value is -1.35. The zero-order valence-electron chi connectivity index (χ0n) is 11.3. The highest BCUT2D eigenvalue weighted by Gasteiger charge is 2.34. The number of carbonyl (C=O) groups excluding carboxylic acids is 1. The highest BCUT2D eigenvalue weighted by atomic mass is 16.5. The first-order chi connectivity index (χ1) is 8.63. The number of ether oxygens (including phenoxy) is 1. The quantitative estimate of drug-likeness (QED) is 0.800. The molecule has 0 saturated heterocycles. The SMILES string of the molecule is COCc1cccc(C(=O)N(C(C)C)C2CC2)c1. The highest BCUT2D eigenvalue weighted by Crippen LogP contribution is 2.30. The van der Waals surface area contributed by atoms with Gasteiger partial charge in [-0.15, -0.1) is 0 Å². The fourth-order valence-corrected chi connectivity index (χ4v) is 2.28. The Morgan fingerprint density at radius 3 is 2.72 bits per heavy atom. The van der Waals surface area contributed by atoms with E-state index in [-0.39, 0.29) is 11.9 Å². The average Bonchev–Trinajstić information content (AvgIpc) is 3.14. The average molecular weight is 247 g/mol. The van der Waals surface area contributed by atoms with Crippen LogP contribution in [-0.2, 0) is 11.3 Å². The predicted molar refractivity (Wildman–Crippen MR) is 71.5 cm³/mol. The van der Waals surface area contributed by atoms with Crippen molar-refractivity contribution < 1.29 is 9.53 Å². The molecular weight excluding hydrogens is 226 g/mol. The van der Waals surface area contributed by atoms with Crippen molar-refractivity contribution >= 4 is 5.91 Å². The van der Waals surface area contributed by atoms with Gasteiger partial charge in [0.2, 0.25) is 0 Å². The number of carbonyl (C=O) groups is 1. The van der Waals surface area contributed by atoms with E-state index in [0.717, 1.165) is 24.0 Å². The van der Waals surface area contributed by atoms with Crippen molar-refractivity contribution in [3.05, 3.63) is 35.4 Å². The number of amides is 1. The standard InChI is InChI=1S/C15H21NO2/c1-11(2)16(14-7-8-14)15(17)13-6-4-5-12(9-13)10-18-3/h4-6,9,11,14H,7-8,10H2,1-3H3. The minimum Gasteiger partial charge on any atom is -0.380 e. The van der Waals surface area contributed by atoms with Gasteiger partial charge in [-0.25, -0.2) is 0 Å². The lowest BCUT2D eigenvalue weighted by Crippen LogP contribution is -2.38. The molecule has 1 saturated carbocycles. The Morgan fingerprint density at radius 1 is 1.44 bits per heavy atom. The summed E-state index contributed by atoms with van der Waals surface area (Å²) in [7, 11) is 1.67. The van der Waals surface area contributed by atoms with Gasteiger partial charge in [-0.05, 0) is 44.4 Å². The predicted octanol–water partition coefficient (Wildman–Crippen LogP) is 2.85. The van der Waals surface area contributed by atoms with Crippen molar-refractivity contribution in [3.8, 4) is 0 Å². The van der Waals surface area contributed by atoms with Crippen molar-refractivity contribution in [1.29, 1.82) is 0 Å². The number of hydrogen-bond acceptors (Lipinski definition) is 2. The number of nitrogens with zero attached hydrogens (tertiary/aromatic N) is 1. The van der Waals surface area contributed by atoms with E-state index in [1.54, 1.807) is 7.11 Å². The molecule has 0 atom stereocenters. The number of benzene rings is 1. The van der Waals surface area contributed by atoms with Crippen LogP contribution in [0.2, 0.25) is 0 Å². The van der Waals surface area contributed by atoms with Crippen molar-refractivity contribution in [3.63, 3.8) is 0 Å². The number of hydrogen-bond donors (Lipinski definition) is 0. The van der Waals surface area contributed by atoms with Gasteiger partial charge in [0.1, 0.15) is 0 Å². The fourth-order valence-electron chi connectivity index (χ4n) is 2.28. The van der Waals surface area contributed by atoms with Crippen LogP contribution < -0.4 is 0 Å². The zero-order valence-corrected chi connectivity index (χ0v) is 11.3. The molecular formula is C15H21NO2. The summed E-state index contributed by atoms with van der Waals surface area (Å²) < 4.78 is 5.11. The van der Waals surface area contributed by atoms with Gasteiger partial charge in [-0.3, -0.25) is 4.79 Å². The summed E-state index contributed by atoms with van der Waals surface area (Å²) >= 11 is 0. The van der Waals surface area contributed by atoms with Crippen molar-refractivity contribution in [2.45, 2.75) is 45.4 Å². The van der Waals surface area contributed by atoms with E-state index in [0.29, 0.717) is 12.6 Å². The van der Waals surface area contributed by atoms with Gasteiger partial charge < -0.3 is 9.64 Å². The summed E-state index contributed by atoms with van der Waals surface area (Å²) in [5, 5.41) is 0. The molecule has 1 aromatic rings. The molecule has 0 bridgehead atoms. The van der Waals surface area contributed by atoms with Gasteiger partial charge in [-0.2, -0.15) is 0 Å². The van der Waals surface area contributed by atoms with Gasteiger partial charge in [0, 0.05) is 24.8 Å². The van der Waals surface area contributed by atoms with Crippen LogP contribution in [0.4, 0.5) is 0 Å². The Labute approximate surface area is 109 Å². The summed E-state index contributed by atoms with van der Waals surface area (Å²) in [6.45, 7) is 4.71. The number of rotatable bonds is 5. The van der Waals surface area contributed by atoms with Gasteiger partial charge in [0.05, 0.1) is 6.61 Å². The van der Waals surface area contributed by atoms with Crippen LogP contribution in [0.25, 0.3) is 0 Å². The van der Waals surface area contributed by atoms with E-state index in [4.69, 9.17) is 4.74 Å². The van der Waals surface area contributed by atoms with Crippen LogP contribution in [0.15, 0.2) is 24.3 Å². The van der Waals surface area contributed by atoms with E-state index in [1.165, 1.54) is 0 Å². The van der Waals surface area contributed by atoms with E-state index in [1.807, 2.05) is 29.2 Å². The molecule has 3 heteroatoms. The number of methoxy groups -OCH3 is 1. The second-order valence-electron chi connectivity index (χ2n) is 5.17. The lowest BCUT2D eigenvalue weighted by molar-refractivity contribution is 0.0690. The van der Waals surface area contributed by atoms with Crippen molar-refractivity contribution in [2.75, 3.05) is 7.11 Å². The van der Waals surface area contributed by atoms with E-state index < -0.39 is 0 Å². The zero-order chi connectivity index (χ0) is 13.1. The third kappa shape index (κ3) is 2.91. The van der Waals surface area contributed by atoms with Crippen LogP contribution in [0.3, 0.4) is 0 Å². The third-order valence-electron chi connectivity index (χ3n) is 3.22. The maximum atomic E-state index is 12.5. The molecule has 2 rings (SSSR count). The molecule has 1 aliphatic rings. The maximum Gasteiger partial charge on any atom is 0.254 e. The molecule has 0 heterocycles. The largest absolute Gasteiger partial charge is 0.380 e. The topological polar surface area (TPSA) is 29.5 Å². The molecule has 0 spiro atoms. The van der Waals surface area contributed by atoms with Gasteiger partial charge in [0.15, 0.2) is 0 Å². The van der Waals surface area contributed by atoms with Crippen LogP contribution >= 0.6 is 0 Å². The van der Waals surface area contributed by atoms with Gasteiger partial charge in [-0.1, -0.05) is 12.1 Å². The molecule has 0 aromatic heterocycles. The second-order valence-corrected chi connectivity index (χ2v) is 5.17. The Morgan fingerprint density at radius 2 is 2.17 bits per heavy atom. The molecule has 1 aliphatic carbocycles. The van der Waals surface area contributed by atoms with Crippen LogP contribution in [-0.4, -0.2) is 30.0 Å². The van der Waals surface area contributed by atoms with Crippen LogP contribution in [0, 0.1) is 0 Å². The smallest absolute Gasteiger partial charge is 0.254 e. The molecule has 0 radical (unpaired) electrons. The summed E-state index contributed by atoms with van der Waals surface area (Å²) in [5.41, 5.74) is 1.81. The summed E-state index contributed by atoms with van der Waals surface area (Å²) in [6.07, 6.45) is 2.28. The van der Waals surface area contributed by atoms with Gasteiger partial charge in [0.25, 0.3) is 5.91 Å². The summed E-state index contributed by atoms with van der Waals surface area (Å²) in [6, 6.07) is 8.44. The highest BCUT2D eigenvalue weighted by molar-refractivity contribution is 5.95. The Balaban J connectivity index is 2.18. The molecule has 0 aliphatic heterocycles. The fraction of sp³-hybridized carbons (Fsp3) is 0.533. The molecule has 0 unspecified atom stereocenters. The molecule has 18 heavy (non-hydrogen) atoms. The minimum atomic E-state index is 0.144. The first kappa shape index (κ1) is 13.1. The van der Waals surface area contributed by atoms with Crippen molar-refractivity contribution in [1.82, 2.24) is 4.90 Å². The Kier molecular flexibility index (Phi) is 4.02. The van der Waals surface area contributed by atoms with E-state index in [2.05, 4.69) is 13.8 Å². The normalized spacial score (nSPS) is 14.9. The van der Waals surface area contributed by atoms with Crippen LogP contribution in [0.5, 0.6) is 0 Å². The van der Waals surface area contributed by atoms with E-state index in [9.17, 15) is 4.79 Å². The van der Waals surface area contributed by atoms with Gasteiger partial charge >= 0.3 is 0 Å². The molecule has 1 aromatic carbocycles.